The predicted octanol–water partition coefficient (Wildman–Crippen LogP) is 3.85. The third kappa shape index (κ3) is 6.03. The first-order valence-corrected chi connectivity index (χ1v) is 10.5. The number of hydrogen-bond acceptors (Lipinski definition) is 3. The van der Waals surface area contributed by atoms with E-state index in [-0.39, 0.29) is 23.0 Å². The van der Waals surface area contributed by atoms with Crippen molar-refractivity contribution in [2.24, 2.45) is 0 Å². The van der Waals surface area contributed by atoms with E-state index in [4.69, 9.17) is 16.3 Å². The van der Waals surface area contributed by atoms with Gasteiger partial charge in [-0.05, 0) is 61.2 Å². The minimum atomic E-state index is -0.273. The molecule has 30 heavy (non-hydrogen) atoms. The molecule has 5 nitrogen and oxygen atoms in total. The molecule has 2 aromatic carbocycles. The van der Waals surface area contributed by atoms with E-state index in [2.05, 4.69) is 10.6 Å². The first-order chi connectivity index (χ1) is 14.5. The molecule has 2 aromatic rings. The Morgan fingerprint density at radius 3 is 2.33 bits per heavy atom. The summed E-state index contributed by atoms with van der Waals surface area (Å²) in [5.74, 6) is -0.529. The van der Waals surface area contributed by atoms with Crippen molar-refractivity contribution in [1.82, 2.24) is 10.6 Å². The molecule has 0 radical (unpaired) electrons. The van der Waals surface area contributed by atoms with E-state index in [9.17, 15) is 14.0 Å². The maximum Gasteiger partial charge on any atom is 0.251 e. The normalized spacial score (nSPS) is 15.4. The van der Waals surface area contributed by atoms with Crippen LogP contribution in [0.3, 0.4) is 0 Å². The Bertz CT molecular complexity index is 850. The molecule has 1 saturated heterocycles. The lowest BCUT2D eigenvalue weighted by molar-refractivity contribution is -0.121. The Kier molecular flexibility index (Phi) is 7.82. The molecule has 0 spiro atoms. The van der Waals surface area contributed by atoms with Gasteiger partial charge in [0, 0.05) is 48.7 Å². The molecular weight excluding hydrogens is 407 g/mol. The van der Waals surface area contributed by atoms with Crippen LogP contribution < -0.4 is 10.6 Å². The molecule has 1 fully saturated rings. The largest absolute Gasteiger partial charge is 0.381 e. The lowest BCUT2D eigenvalue weighted by atomic mass is 9.74. The average Bonchev–Trinajstić information content (AvgIpc) is 2.77. The van der Waals surface area contributed by atoms with Crippen molar-refractivity contribution < 1.29 is 18.7 Å². The molecule has 1 heterocycles. The molecule has 0 atom stereocenters. The van der Waals surface area contributed by atoms with Crippen molar-refractivity contribution in [2.45, 2.75) is 31.1 Å². The van der Waals surface area contributed by atoms with Gasteiger partial charge in [0.2, 0.25) is 5.91 Å². The lowest BCUT2D eigenvalue weighted by Crippen LogP contribution is -2.44. The highest BCUT2D eigenvalue weighted by molar-refractivity contribution is 6.30. The molecule has 0 unspecified atom stereocenters. The third-order valence-corrected chi connectivity index (χ3v) is 5.76. The minimum Gasteiger partial charge on any atom is -0.381 e. The number of halogens is 2. The Labute approximate surface area is 181 Å². The Morgan fingerprint density at radius 2 is 1.67 bits per heavy atom. The maximum atomic E-state index is 13.3. The monoisotopic (exact) mass is 432 g/mol. The average molecular weight is 433 g/mol. The summed E-state index contributed by atoms with van der Waals surface area (Å²) in [6, 6.07) is 13.1. The van der Waals surface area contributed by atoms with Crippen LogP contribution in [-0.2, 0) is 14.9 Å². The summed E-state index contributed by atoms with van der Waals surface area (Å²) >= 11 is 5.82. The molecular formula is C23H26ClFN2O3. The smallest absolute Gasteiger partial charge is 0.251 e. The van der Waals surface area contributed by atoms with Gasteiger partial charge in [-0.25, -0.2) is 4.39 Å². The van der Waals surface area contributed by atoms with Crippen LogP contribution in [0.25, 0.3) is 0 Å². The quantitative estimate of drug-likeness (QED) is 0.622. The topological polar surface area (TPSA) is 67.4 Å². The second-order valence-electron chi connectivity index (χ2n) is 7.54. The maximum absolute atomic E-state index is 13.3. The molecule has 7 heteroatoms. The molecule has 2 amide bonds. The Morgan fingerprint density at radius 1 is 1.00 bits per heavy atom. The zero-order valence-corrected chi connectivity index (χ0v) is 17.5. The van der Waals surface area contributed by atoms with Crippen LogP contribution in [0.2, 0.25) is 5.02 Å². The molecule has 0 saturated carbocycles. The van der Waals surface area contributed by atoms with Gasteiger partial charge in [-0.2, -0.15) is 0 Å². The second-order valence-corrected chi connectivity index (χ2v) is 7.98. The van der Waals surface area contributed by atoms with Gasteiger partial charge in [-0.3, -0.25) is 9.59 Å². The van der Waals surface area contributed by atoms with E-state index in [0.717, 1.165) is 18.4 Å². The highest BCUT2D eigenvalue weighted by Crippen LogP contribution is 2.34. The van der Waals surface area contributed by atoms with Crippen molar-refractivity contribution in [1.29, 1.82) is 0 Å². The first kappa shape index (κ1) is 22.2. The molecule has 2 N–H and O–H groups in total. The Balaban J connectivity index is 1.45. The number of hydrogen-bond donors (Lipinski definition) is 2. The summed E-state index contributed by atoms with van der Waals surface area (Å²) < 4.78 is 18.8. The molecule has 0 aliphatic carbocycles. The third-order valence-electron chi connectivity index (χ3n) is 5.50. The van der Waals surface area contributed by atoms with Gasteiger partial charge in [0.05, 0.1) is 0 Å². The zero-order chi connectivity index (χ0) is 21.4. The van der Waals surface area contributed by atoms with Gasteiger partial charge in [-0.1, -0.05) is 23.7 Å². The molecule has 3 rings (SSSR count). The molecule has 0 aromatic heterocycles. The van der Waals surface area contributed by atoms with Crippen LogP contribution in [0.1, 0.15) is 41.6 Å². The van der Waals surface area contributed by atoms with Crippen LogP contribution in [0.5, 0.6) is 0 Å². The minimum absolute atomic E-state index is 0.0660. The fourth-order valence-electron chi connectivity index (χ4n) is 3.64. The number of ether oxygens (including phenoxy) is 1. The van der Waals surface area contributed by atoms with Crippen LogP contribution in [0.15, 0.2) is 48.5 Å². The van der Waals surface area contributed by atoms with E-state index < -0.39 is 0 Å². The second kappa shape index (κ2) is 10.5. The molecule has 0 bridgehead atoms. The van der Waals surface area contributed by atoms with Gasteiger partial charge in [-0.15, -0.1) is 0 Å². The number of amides is 2. The van der Waals surface area contributed by atoms with Crippen LogP contribution in [-0.4, -0.2) is 38.1 Å². The van der Waals surface area contributed by atoms with Crippen molar-refractivity contribution in [2.75, 3.05) is 26.3 Å². The van der Waals surface area contributed by atoms with Gasteiger partial charge in [0.1, 0.15) is 5.82 Å². The standard InChI is InChI=1S/C23H26ClFN2O3/c24-19-7-3-17(4-8-19)22(29)26-13-1-2-21(28)27-16-23(11-14-30-15-12-23)18-5-9-20(25)10-6-18/h3-10H,1-2,11-16H2,(H,26,29)(H,27,28). The van der Waals surface area contributed by atoms with Gasteiger partial charge in [0.15, 0.2) is 0 Å². The van der Waals surface area contributed by atoms with Gasteiger partial charge < -0.3 is 15.4 Å². The van der Waals surface area contributed by atoms with Crippen LogP contribution in [0, 0.1) is 5.82 Å². The van der Waals surface area contributed by atoms with Crippen molar-refractivity contribution in [3.63, 3.8) is 0 Å². The fraction of sp³-hybridized carbons (Fsp3) is 0.391. The van der Waals surface area contributed by atoms with Gasteiger partial charge >= 0.3 is 0 Å². The van der Waals surface area contributed by atoms with E-state index in [0.29, 0.717) is 49.7 Å². The van der Waals surface area contributed by atoms with Crippen molar-refractivity contribution in [3.05, 3.63) is 70.5 Å². The summed E-state index contributed by atoms with van der Waals surface area (Å²) in [6.07, 6.45) is 2.40. The van der Waals surface area contributed by atoms with Crippen molar-refractivity contribution in [3.8, 4) is 0 Å². The number of carbonyl (C=O) groups is 2. The Hall–Kier alpha value is -2.44. The van der Waals surface area contributed by atoms with Crippen LogP contribution in [0.4, 0.5) is 4.39 Å². The summed E-state index contributed by atoms with van der Waals surface area (Å²) in [5, 5.41) is 6.40. The number of rotatable bonds is 8. The highest BCUT2D eigenvalue weighted by atomic mass is 35.5. The summed E-state index contributed by atoms with van der Waals surface area (Å²) in [6.45, 7) is 2.12. The van der Waals surface area contributed by atoms with E-state index in [1.165, 1.54) is 12.1 Å². The van der Waals surface area contributed by atoms with E-state index in [1.807, 2.05) is 0 Å². The SMILES string of the molecule is O=C(CCCNC(=O)c1ccc(Cl)cc1)NCC1(c2ccc(F)cc2)CCOCC1. The number of nitrogens with one attached hydrogen (secondary N) is 2. The zero-order valence-electron chi connectivity index (χ0n) is 16.8. The molecule has 160 valence electrons. The van der Waals surface area contributed by atoms with Crippen molar-refractivity contribution >= 4 is 23.4 Å². The van der Waals surface area contributed by atoms with E-state index in [1.54, 1.807) is 36.4 Å². The number of benzene rings is 2. The molecule has 1 aliphatic heterocycles. The summed E-state index contributed by atoms with van der Waals surface area (Å²) in [7, 11) is 0. The lowest BCUT2D eigenvalue weighted by Gasteiger charge is -2.38. The highest BCUT2D eigenvalue weighted by Gasteiger charge is 2.34. The summed E-state index contributed by atoms with van der Waals surface area (Å²) in [5.41, 5.74) is 1.30. The number of carbonyl (C=O) groups excluding carboxylic acids is 2. The summed E-state index contributed by atoms with van der Waals surface area (Å²) in [4.78, 5) is 24.4. The van der Waals surface area contributed by atoms with Gasteiger partial charge in [0.25, 0.3) is 5.91 Å². The molecule has 1 aliphatic rings. The fourth-order valence-corrected chi connectivity index (χ4v) is 3.77. The van der Waals surface area contributed by atoms with Crippen LogP contribution >= 0.6 is 11.6 Å². The predicted molar refractivity (Wildman–Crippen MR) is 114 cm³/mol. The first-order valence-electron chi connectivity index (χ1n) is 10.1. The van der Waals surface area contributed by atoms with E-state index >= 15 is 0 Å².